The Morgan fingerprint density at radius 2 is 1.78 bits per heavy atom. The molecule has 7 nitrogen and oxygen atoms in total. The van der Waals surface area contributed by atoms with Crippen LogP contribution >= 0.6 is 11.3 Å². The van der Waals surface area contributed by atoms with E-state index in [1.165, 1.54) is 39.5 Å². The second kappa shape index (κ2) is 6.88. The fraction of sp³-hybridized carbons (Fsp3) is 0.214. The van der Waals surface area contributed by atoms with E-state index in [2.05, 4.69) is 9.46 Å². The number of esters is 1. The molecule has 0 aliphatic rings. The van der Waals surface area contributed by atoms with Gasteiger partial charge in [0.2, 0.25) is 0 Å². The summed E-state index contributed by atoms with van der Waals surface area (Å²) < 4.78 is 42.2. The number of benzene rings is 1. The van der Waals surface area contributed by atoms with Gasteiger partial charge in [0.05, 0.1) is 32.6 Å². The maximum Gasteiger partial charge on any atom is 0.340 e. The first-order chi connectivity index (χ1) is 10.9. The number of anilines is 1. The highest BCUT2D eigenvalue weighted by Crippen LogP contribution is 2.35. The van der Waals surface area contributed by atoms with Crippen LogP contribution in [0.1, 0.15) is 10.4 Å². The lowest BCUT2D eigenvalue weighted by molar-refractivity contribution is 0.0601. The molecule has 0 fully saturated rings. The molecule has 9 heteroatoms. The molecule has 124 valence electrons. The monoisotopic (exact) mass is 357 g/mol. The lowest BCUT2D eigenvalue weighted by atomic mass is 10.1. The number of hydrogen-bond acceptors (Lipinski definition) is 7. The van der Waals surface area contributed by atoms with Crippen molar-refractivity contribution < 1.29 is 27.4 Å². The normalized spacial score (nSPS) is 10.9. The van der Waals surface area contributed by atoms with Crippen LogP contribution in [0.5, 0.6) is 11.5 Å². The minimum Gasteiger partial charge on any atom is -0.493 e. The van der Waals surface area contributed by atoms with Crippen molar-refractivity contribution in [3.05, 3.63) is 35.2 Å². The quantitative estimate of drug-likeness (QED) is 0.798. The summed E-state index contributed by atoms with van der Waals surface area (Å²) in [6.07, 6.45) is 0. The third-order valence-corrected chi connectivity index (χ3v) is 5.70. The average Bonchev–Trinajstić information content (AvgIpc) is 3.08. The molecule has 0 unspecified atom stereocenters. The summed E-state index contributed by atoms with van der Waals surface area (Å²) >= 11 is 1.06. The number of rotatable bonds is 6. The first-order valence-corrected chi connectivity index (χ1v) is 8.70. The molecule has 1 aromatic carbocycles. The zero-order valence-electron chi connectivity index (χ0n) is 12.7. The Kier molecular flexibility index (Phi) is 5.12. The molecular formula is C14H15NO6S2. The van der Waals surface area contributed by atoms with Gasteiger partial charge < -0.3 is 14.2 Å². The number of nitrogens with one attached hydrogen (secondary N) is 1. The van der Waals surface area contributed by atoms with Crippen LogP contribution in [0.4, 0.5) is 5.69 Å². The Bertz CT molecular complexity index is 799. The number of ether oxygens (including phenoxy) is 3. The average molecular weight is 357 g/mol. The minimum atomic E-state index is -3.81. The summed E-state index contributed by atoms with van der Waals surface area (Å²) in [7, 11) is 0.212. The second-order valence-electron chi connectivity index (χ2n) is 4.28. The fourth-order valence-electron chi connectivity index (χ4n) is 1.85. The Labute approximate surface area is 137 Å². The van der Waals surface area contributed by atoms with Crippen LogP contribution in [0.25, 0.3) is 0 Å². The molecule has 0 spiro atoms. The van der Waals surface area contributed by atoms with Crippen molar-refractivity contribution in [1.29, 1.82) is 0 Å². The van der Waals surface area contributed by atoms with Crippen LogP contribution in [-0.2, 0) is 14.8 Å². The van der Waals surface area contributed by atoms with E-state index < -0.39 is 16.0 Å². The predicted octanol–water partition coefficient (Wildman–Crippen LogP) is 2.35. The Morgan fingerprint density at radius 3 is 2.30 bits per heavy atom. The van der Waals surface area contributed by atoms with Crippen LogP contribution in [0, 0.1) is 0 Å². The van der Waals surface area contributed by atoms with Gasteiger partial charge in [-0.3, -0.25) is 4.72 Å². The zero-order valence-corrected chi connectivity index (χ0v) is 14.3. The van der Waals surface area contributed by atoms with E-state index in [9.17, 15) is 13.2 Å². The summed E-state index contributed by atoms with van der Waals surface area (Å²) in [5.74, 6) is -0.133. The van der Waals surface area contributed by atoms with E-state index in [-0.39, 0.29) is 27.0 Å². The molecule has 1 aromatic heterocycles. The van der Waals surface area contributed by atoms with Crippen molar-refractivity contribution in [2.24, 2.45) is 0 Å². The van der Waals surface area contributed by atoms with Gasteiger partial charge in [0, 0.05) is 12.1 Å². The van der Waals surface area contributed by atoms with Crippen molar-refractivity contribution >= 4 is 33.0 Å². The fourth-order valence-corrected chi connectivity index (χ4v) is 3.92. The molecule has 0 saturated heterocycles. The first kappa shape index (κ1) is 17.1. The van der Waals surface area contributed by atoms with E-state index >= 15 is 0 Å². The maximum atomic E-state index is 12.4. The molecule has 23 heavy (non-hydrogen) atoms. The summed E-state index contributed by atoms with van der Waals surface area (Å²) in [6, 6.07) is 5.81. The molecular weight excluding hydrogens is 342 g/mol. The van der Waals surface area contributed by atoms with Crippen molar-refractivity contribution in [2.45, 2.75) is 4.21 Å². The molecule has 1 N–H and O–H groups in total. The van der Waals surface area contributed by atoms with Crippen LogP contribution in [0.15, 0.2) is 33.9 Å². The first-order valence-electron chi connectivity index (χ1n) is 6.33. The van der Waals surface area contributed by atoms with Crippen LogP contribution in [0.3, 0.4) is 0 Å². The van der Waals surface area contributed by atoms with Gasteiger partial charge in [0.25, 0.3) is 10.0 Å². The van der Waals surface area contributed by atoms with Gasteiger partial charge in [-0.2, -0.15) is 0 Å². The van der Waals surface area contributed by atoms with Gasteiger partial charge in [-0.15, -0.1) is 11.3 Å². The van der Waals surface area contributed by atoms with E-state index in [4.69, 9.17) is 9.47 Å². The number of methoxy groups -OCH3 is 3. The summed E-state index contributed by atoms with van der Waals surface area (Å²) in [4.78, 5) is 11.9. The summed E-state index contributed by atoms with van der Waals surface area (Å²) in [6.45, 7) is 0. The standard InChI is InChI=1S/C14H15NO6S2/c1-19-11-7-9(14(16)21-3)10(8-12(11)20-2)15-23(17,18)13-5-4-6-22-13/h4-8,15H,1-3H3. The molecule has 0 radical (unpaired) electrons. The van der Waals surface area contributed by atoms with Crippen LogP contribution < -0.4 is 14.2 Å². The van der Waals surface area contributed by atoms with E-state index in [1.807, 2.05) is 0 Å². The molecule has 0 atom stereocenters. The van der Waals surface area contributed by atoms with Gasteiger partial charge in [0.15, 0.2) is 11.5 Å². The lowest BCUT2D eigenvalue weighted by Gasteiger charge is -2.15. The van der Waals surface area contributed by atoms with E-state index in [0.29, 0.717) is 0 Å². The molecule has 0 aliphatic carbocycles. The Balaban J connectivity index is 2.54. The number of sulfonamides is 1. The Morgan fingerprint density at radius 1 is 1.13 bits per heavy atom. The summed E-state index contributed by atoms with van der Waals surface area (Å²) in [5, 5.41) is 1.64. The van der Waals surface area contributed by atoms with Gasteiger partial charge in [0.1, 0.15) is 4.21 Å². The largest absolute Gasteiger partial charge is 0.493 e. The third-order valence-electron chi connectivity index (χ3n) is 2.93. The highest BCUT2D eigenvalue weighted by Gasteiger charge is 2.22. The smallest absolute Gasteiger partial charge is 0.340 e. The van der Waals surface area contributed by atoms with Gasteiger partial charge in [-0.25, -0.2) is 13.2 Å². The van der Waals surface area contributed by atoms with Crippen molar-refractivity contribution in [1.82, 2.24) is 0 Å². The minimum absolute atomic E-state index is 0.0188. The number of carbonyl (C=O) groups is 1. The van der Waals surface area contributed by atoms with Crippen molar-refractivity contribution in [3.63, 3.8) is 0 Å². The highest BCUT2D eigenvalue weighted by molar-refractivity contribution is 7.94. The SMILES string of the molecule is COC(=O)c1cc(OC)c(OC)cc1NS(=O)(=O)c1cccs1. The number of thiophene rings is 1. The number of hydrogen-bond donors (Lipinski definition) is 1. The third kappa shape index (κ3) is 3.57. The molecule has 0 amide bonds. The second-order valence-corrected chi connectivity index (χ2v) is 7.14. The molecule has 2 aromatic rings. The van der Waals surface area contributed by atoms with E-state index in [1.54, 1.807) is 11.4 Å². The molecule has 2 rings (SSSR count). The topological polar surface area (TPSA) is 90.9 Å². The van der Waals surface area contributed by atoms with E-state index in [0.717, 1.165) is 11.3 Å². The Hall–Kier alpha value is -2.26. The molecule has 0 saturated carbocycles. The highest BCUT2D eigenvalue weighted by atomic mass is 32.2. The van der Waals surface area contributed by atoms with Crippen LogP contribution in [-0.4, -0.2) is 35.7 Å². The maximum absolute atomic E-state index is 12.4. The lowest BCUT2D eigenvalue weighted by Crippen LogP contribution is -2.15. The van der Waals surface area contributed by atoms with Gasteiger partial charge in [-0.05, 0) is 11.4 Å². The molecule has 1 heterocycles. The van der Waals surface area contributed by atoms with Crippen LogP contribution in [0.2, 0.25) is 0 Å². The van der Waals surface area contributed by atoms with Crippen molar-refractivity contribution in [3.8, 4) is 11.5 Å². The molecule has 0 bridgehead atoms. The summed E-state index contributed by atoms with van der Waals surface area (Å²) in [5.41, 5.74) is 0.0631. The van der Waals surface area contributed by atoms with Crippen molar-refractivity contribution in [2.75, 3.05) is 26.1 Å². The number of carbonyl (C=O) groups excluding carboxylic acids is 1. The zero-order chi connectivity index (χ0) is 17.0. The molecule has 0 aliphatic heterocycles. The predicted molar refractivity (Wildman–Crippen MR) is 86.0 cm³/mol. The van der Waals surface area contributed by atoms with Gasteiger partial charge in [-0.1, -0.05) is 6.07 Å². The van der Waals surface area contributed by atoms with Gasteiger partial charge >= 0.3 is 5.97 Å².